The quantitative estimate of drug-likeness (QED) is 0.758. The fourth-order valence-electron chi connectivity index (χ4n) is 2.42. The minimum absolute atomic E-state index is 0.243. The zero-order chi connectivity index (χ0) is 13.1. The van der Waals surface area contributed by atoms with Crippen molar-refractivity contribution in [1.29, 1.82) is 0 Å². The monoisotopic (exact) mass is 262 g/mol. The molecule has 5 nitrogen and oxygen atoms in total. The fraction of sp³-hybridized carbons (Fsp3) is 0.909. The maximum atomic E-state index is 12.3. The summed E-state index contributed by atoms with van der Waals surface area (Å²) in [6, 6.07) is 0. The lowest BCUT2D eigenvalue weighted by atomic mass is 10.1. The summed E-state index contributed by atoms with van der Waals surface area (Å²) >= 11 is 0. The second-order valence-corrected chi connectivity index (χ2v) is 7.13. The van der Waals surface area contributed by atoms with E-state index in [1.54, 1.807) is 14.1 Å². The molecule has 0 atom stereocenters. The molecule has 0 spiro atoms. The molecule has 0 bridgehead atoms. The first kappa shape index (κ1) is 14.4. The summed E-state index contributed by atoms with van der Waals surface area (Å²) < 4.78 is 22.7. The molecule has 0 aliphatic heterocycles. The molecule has 1 N–H and O–H groups in total. The number of carbonyl (C=O) groups is 1. The Bertz CT molecular complexity index is 372. The molecule has 0 aromatic heterocycles. The molecule has 6 heteroatoms. The van der Waals surface area contributed by atoms with Gasteiger partial charge in [-0.3, -0.25) is 4.79 Å². The Morgan fingerprint density at radius 2 is 1.88 bits per heavy atom. The number of nitrogens with zero attached hydrogens (tertiary/aromatic N) is 1. The number of sulfone groups is 1. The van der Waals surface area contributed by atoms with Crippen LogP contribution >= 0.6 is 0 Å². The summed E-state index contributed by atoms with van der Waals surface area (Å²) in [7, 11) is 0.132. The molecule has 0 unspecified atom stereocenters. The van der Waals surface area contributed by atoms with E-state index in [9.17, 15) is 13.2 Å². The van der Waals surface area contributed by atoms with Gasteiger partial charge in [0.05, 0.1) is 0 Å². The van der Waals surface area contributed by atoms with Gasteiger partial charge in [-0.25, -0.2) is 8.42 Å². The van der Waals surface area contributed by atoms with Crippen molar-refractivity contribution >= 4 is 15.7 Å². The molecule has 1 saturated carbocycles. The smallest absolute Gasteiger partial charge is 0.243 e. The Hall–Kier alpha value is -0.620. The highest BCUT2D eigenvalue weighted by molar-refractivity contribution is 7.92. The summed E-state index contributed by atoms with van der Waals surface area (Å²) in [6.07, 6.45) is 3.75. The summed E-state index contributed by atoms with van der Waals surface area (Å²) in [4.78, 5) is 13.9. The van der Waals surface area contributed by atoms with Gasteiger partial charge in [-0.05, 0) is 19.9 Å². The average molecular weight is 262 g/mol. The highest BCUT2D eigenvalue weighted by atomic mass is 32.2. The Labute approximate surface area is 103 Å². The topological polar surface area (TPSA) is 66.5 Å². The highest BCUT2D eigenvalue weighted by Crippen LogP contribution is 2.37. The number of carbonyl (C=O) groups excluding carboxylic acids is 1. The van der Waals surface area contributed by atoms with Crippen LogP contribution in [0.3, 0.4) is 0 Å². The Balaban J connectivity index is 2.89. The molecule has 0 saturated heterocycles. The molecule has 17 heavy (non-hydrogen) atoms. The number of nitrogens with one attached hydrogen (secondary N) is 1. The minimum atomic E-state index is -3.35. The SMILES string of the molecule is CNCCN(C)C(=O)C1(S(C)(=O)=O)CCCC1. The van der Waals surface area contributed by atoms with Gasteiger partial charge < -0.3 is 10.2 Å². The molecule has 1 amide bonds. The van der Waals surface area contributed by atoms with E-state index in [0.717, 1.165) is 12.8 Å². The van der Waals surface area contributed by atoms with Crippen LogP contribution in [0, 0.1) is 0 Å². The normalized spacial score (nSPS) is 19.2. The number of hydrogen-bond donors (Lipinski definition) is 1. The Morgan fingerprint density at radius 1 is 1.35 bits per heavy atom. The van der Waals surface area contributed by atoms with Crippen LogP contribution in [0.4, 0.5) is 0 Å². The van der Waals surface area contributed by atoms with Crippen LogP contribution in [0.1, 0.15) is 25.7 Å². The maximum Gasteiger partial charge on any atom is 0.243 e. The molecule has 1 aliphatic rings. The van der Waals surface area contributed by atoms with Crippen LogP contribution in [0.25, 0.3) is 0 Å². The van der Waals surface area contributed by atoms with E-state index < -0.39 is 14.6 Å². The van der Waals surface area contributed by atoms with Crippen LogP contribution in [0.5, 0.6) is 0 Å². The number of amides is 1. The van der Waals surface area contributed by atoms with Crippen molar-refractivity contribution in [3.63, 3.8) is 0 Å². The lowest BCUT2D eigenvalue weighted by Gasteiger charge is -2.30. The third kappa shape index (κ3) is 2.80. The second-order valence-electron chi connectivity index (χ2n) is 4.80. The van der Waals surface area contributed by atoms with E-state index in [2.05, 4.69) is 5.32 Å². The van der Waals surface area contributed by atoms with E-state index in [0.29, 0.717) is 25.9 Å². The van der Waals surface area contributed by atoms with E-state index in [1.165, 1.54) is 11.2 Å². The molecule has 1 rings (SSSR count). The lowest BCUT2D eigenvalue weighted by Crippen LogP contribution is -2.51. The molecule has 0 aromatic rings. The van der Waals surface area contributed by atoms with Gasteiger partial charge in [-0.15, -0.1) is 0 Å². The minimum Gasteiger partial charge on any atom is -0.343 e. The predicted octanol–water partition coefficient (Wildman–Crippen LogP) is 0.0216. The van der Waals surface area contributed by atoms with Gasteiger partial charge in [0.1, 0.15) is 0 Å². The van der Waals surface area contributed by atoms with Crippen LogP contribution in [0.2, 0.25) is 0 Å². The zero-order valence-corrected chi connectivity index (χ0v) is 11.6. The number of likely N-dealkylation sites (N-methyl/N-ethyl adjacent to an activating group) is 2. The van der Waals surface area contributed by atoms with Crippen molar-refractivity contribution in [2.75, 3.05) is 33.4 Å². The van der Waals surface area contributed by atoms with Gasteiger partial charge in [-0.2, -0.15) is 0 Å². The summed E-state index contributed by atoms with van der Waals surface area (Å²) in [5.41, 5.74) is 0. The van der Waals surface area contributed by atoms with Gasteiger partial charge in [0.15, 0.2) is 14.6 Å². The van der Waals surface area contributed by atoms with Gasteiger partial charge in [0.2, 0.25) is 5.91 Å². The number of hydrogen-bond acceptors (Lipinski definition) is 4. The largest absolute Gasteiger partial charge is 0.343 e. The molecule has 1 fully saturated rings. The van der Waals surface area contributed by atoms with Gasteiger partial charge in [0, 0.05) is 26.4 Å². The Kier molecular flexibility index (Phi) is 4.55. The average Bonchev–Trinajstić information content (AvgIpc) is 2.74. The summed E-state index contributed by atoms with van der Waals surface area (Å²) in [5, 5.41) is 2.95. The molecule has 0 heterocycles. The first-order valence-corrected chi connectivity index (χ1v) is 7.84. The molecular weight excluding hydrogens is 240 g/mol. The van der Waals surface area contributed by atoms with Gasteiger partial charge >= 0.3 is 0 Å². The van der Waals surface area contributed by atoms with Crippen LogP contribution in [0.15, 0.2) is 0 Å². The van der Waals surface area contributed by atoms with Gasteiger partial charge in [0.25, 0.3) is 0 Å². The zero-order valence-electron chi connectivity index (χ0n) is 10.8. The molecule has 0 aromatic carbocycles. The highest BCUT2D eigenvalue weighted by Gasteiger charge is 2.50. The molecule has 100 valence electrons. The molecular formula is C11H22N2O3S. The van der Waals surface area contributed by atoms with Crippen molar-refractivity contribution < 1.29 is 13.2 Å². The maximum absolute atomic E-state index is 12.3. The fourth-order valence-corrected chi connectivity index (χ4v) is 3.92. The van der Waals surface area contributed by atoms with Crippen LogP contribution < -0.4 is 5.32 Å². The predicted molar refractivity (Wildman–Crippen MR) is 67.6 cm³/mol. The van der Waals surface area contributed by atoms with Gasteiger partial charge in [-0.1, -0.05) is 12.8 Å². The summed E-state index contributed by atoms with van der Waals surface area (Å²) in [6.45, 7) is 1.20. The lowest BCUT2D eigenvalue weighted by molar-refractivity contribution is -0.132. The second kappa shape index (κ2) is 5.35. The van der Waals surface area contributed by atoms with Crippen molar-refractivity contribution in [3.8, 4) is 0 Å². The molecule has 1 aliphatic carbocycles. The summed E-state index contributed by atoms with van der Waals surface area (Å²) in [5.74, 6) is -0.243. The Morgan fingerprint density at radius 3 is 2.29 bits per heavy atom. The number of rotatable bonds is 5. The third-order valence-electron chi connectivity index (χ3n) is 3.55. The van der Waals surface area contributed by atoms with E-state index in [-0.39, 0.29) is 5.91 Å². The van der Waals surface area contributed by atoms with Crippen molar-refractivity contribution in [2.24, 2.45) is 0 Å². The van der Waals surface area contributed by atoms with Crippen molar-refractivity contribution in [2.45, 2.75) is 30.4 Å². The first-order valence-electron chi connectivity index (χ1n) is 5.95. The molecule has 0 radical (unpaired) electrons. The van der Waals surface area contributed by atoms with E-state index >= 15 is 0 Å². The van der Waals surface area contributed by atoms with E-state index in [4.69, 9.17) is 0 Å². The van der Waals surface area contributed by atoms with E-state index in [1.807, 2.05) is 0 Å². The third-order valence-corrected chi connectivity index (χ3v) is 5.56. The standard InChI is InChI=1S/C11H22N2O3S/c1-12-8-9-13(2)10(14)11(17(3,15)16)6-4-5-7-11/h12H,4-9H2,1-3H3. The first-order chi connectivity index (χ1) is 7.85. The van der Waals surface area contributed by atoms with Crippen molar-refractivity contribution in [3.05, 3.63) is 0 Å². The van der Waals surface area contributed by atoms with Crippen molar-refractivity contribution in [1.82, 2.24) is 10.2 Å². The van der Waals surface area contributed by atoms with Crippen LogP contribution in [-0.2, 0) is 14.6 Å². The van der Waals surface area contributed by atoms with Crippen LogP contribution in [-0.4, -0.2) is 57.4 Å².